The number of benzene rings is 2. The Hall–Kier alpha value is -2.48. The lowest BCUT2D eigenvalue weighted by molar-refractivity contribution is 0.419. The van der Waals surface area contributed by atoms with Gasteiger partial charge in [0, 0.05) is 29.0 Å². The molecule has 158 valence electrons. The van der Waals surface area contributed by atoms with Crippen LogP contribution in [0.5, 0.6) is 0 Å². The molecular weight excluding hydrogens is 401 g/mol. The molecule has 6 rings (SSSR count). The van der Waals surface area contributed by atoms with E-state index in [2.05, 4.69) is 85.3 Å². The number of piperidine rings is 1. The first-order valence-corrected chi connectivity index (χ1v) is 12.6. The van der Waals surface area contributed by atoms with Crippen LogP contribution in [0.3, 0.4) is 0 Å². The number of fused-ring (bicyclic) bond motifs is 7. The Kier molecular flexibility index (Phi) is 4.70. The predicted molar refractivity (Wildman–Crippen MR) is 132 cm³/mol. The van der Waals surface area contributed by atoms with Crippen LogP contribution in [0.4, 0.5) is 0 Å². The monoisotopic (exact) mass is 429 g/mol. The number of hydrogen-bond acceptors (Lipinski definition) is 3. The first-order chi connectivity index (χ1) is 15.2. The van der Waals surface area contributed by atoms with Crippen molar-refractivity contribution in [3.05, 3.63) is 72.0 Å². The Morgan fingerprint density at radius 2 is 1.84 bits per heavy atom. The summed E-state index contributed by atoms with van der Waals surface area (Å²) in [5, 5.41) is 3.66. The molecular formula is C27H28NO2P. The minimum atomic E-state index is -1.23. The van der Waals surface area contributed by atoms with Gasteiger partial charge >= 0.3 is 8.16 Å². The second-order valence-corrected chi connectivity index (χ2v) is 10.4. The van der Waals surface area contributed by atoms with E-state index in [0.29, 0.717) is 18.0 Å². The van der Waals surface area contributed by atoms with E-state index in [4.69, 9.17) is 8.39 Å². The van der Waals surface area contributed by atoms with Gasteiger partial charge in [-0.05, 0) is 61.6 Å². The number of rotatable bonds is 1. The smallest absolute Gasteiger partial charge is 0.310 e. The lowest BCUT2D eigenvalue weighted by atomic mass is 9.81. The minimum absolute atomic E-state index is 0.399. The first-order valence-electron chi connectivity index (χ1n) is 11.5. The molecule has 3 aromatic rings. The van der Waals surface area contributed by atoms with E-state index in [1.54, 1.807) is 0 Å². The van der Waals surface area contributed by atoms with Gasteiger partial charge in [-0.1, -0.05) is 61.1 Å². The number of nitrogens with zero attached hydrogens (tertiary/aromatic N) is 1. The first kappa shape index (κ1) is 19.2. The maximum absolute atomic E-state index is 6.77. The lowest BCUT2D eigenvalue weighted by Gasteiger charge is -2.35. The summed E-state index contributed by atoms with van der Waals surface area (Å²) in [5.74, 6) is 1.36. The largest absolute Gasteiger partial charge is 0.408 e. The van der Waals surface area contributed by atoms with Crippen LogP contribution in [0.25, 0.3) is 33.4 Å². The van der Waals surface area contributed by atoms with Gasteiger partial charge in [0.05, 0.1) is 0 Å². The molecule has 2 heterocycles. The maximum Gasteiger partial charge on any atom is 0.310 e. The van der Waals surface area contributed by atoms with E-state index in [-0.39, 0.29) is 0 Å². The van der Waals surface area contributed by atoms with Gasteiger partial charge in [-0.25, -0.2) is 0 Å². The third-order valence-corrected chi connectivity index (χ3v) is 8.92. The minimum Gasteiger partial charge on any atom is -0.408 e. The molecule has 4 atom stereocenters. The third-order valence-electron chi connectivity index (χ3n) is 7.05. The molecule has 4 heteroatoms. The van der Waals surface area contributed by atoms with E-state index in [0.717, 1.165) is 17.8 Å². The van der Waals surface area contributed by atoms with Gasteiger partial charge in [-0.2, -0.15) is 4.67 Å². The van der Waals surface area contributed by atoms with Crippen LogP contribution in [-0.4, -0.2) is 12.1 Å². The van der Waals surface area contributed by atoms with Gasteiger partial charge < -0.3 is 8.39 Å². The van der Waals surface area contributed by atoms with Crippen molar-refractivity contribution in [1.82, 2.24) is 0 Å². The maximum atomic E-state index is 6.77. The molecule has 0 saturated carbocycles. The molecule has 0 spiro atoms. The van der Waals surface area contributed by atoms with Crippen molar-refractivity contribution in [3.63, 3.8) is 0 Å². The highest BCUT2D eigenvalue weighted by molar-refractivity contribution is 7.39. The molecule has 1 fully saturated rings. The van der Waals surface area contributed by atoms with Gasteiger partial charge in [0.2, 0.25) is 0 Å². The van der Waals surface area contributed by atoms with Crippen molar-refractivity contribution >= 4 is 41.6 Å². The fraction of sp³-hybridized carbons (Fsp3) is 0.333. The van der Waals surface area contributed by atoms with Crippen molar-refractivity contribution in [2.45, 2.75) is 51.6 Å². The summed E-state index contributed by atoms with van der Waals surface area (Å²) in [6.45, 7) is 4.63. The molecule has 31 heavy (non-hydrogen) atoms. The zero-order valence-electron chi connectivity index (χ0n) is 18.1. The van der Waals surface area contributed by atoms with Crippen molar-refractivity contribution in [2.75, 3.05) is 4.67 Å². The van der Waals surface area contributed by atoms with Crippen LogP contribution < -0.4 is 4.67 Å². The van der Waals surface area contributed by atoms with E-state index in [1.807, 2.05) is 0 Å². The zero-order valence-corrected chi connectivity index (χ0v) is 19.0. The van der Waals surface area contributed by atoms with Gasteiger partial charge in [-0.3, -0.25) is 0 Å². The van der Waals surface area contributed by atoms with Crippen LogP contribution in [0, 0.1) is 5.92 Å². The molecule has 1 saturated heterocycles. The van der Waals surface area contributed by atoms with Crippen LogP contribution in [0.15, 0.2) is 69.1 Å². The normalized spacial score (nSPS) is 25.9. The molecule has 1 aromatic heterocycles. The topological polar surface area (TPSA) is 29.5 Å². The average Bonchev–Trinajstić information content (AvgIpc) is 2.96. The average molecular weight is 430 g/mol. The highest BCUT2D eigenvalue weighted by Gasteiger charge is 2.32. The SMILES string of the molecule is C[C@@H]1CCC[C@H](C)N1p1oc2c(c3c(ccc4ccccc43)o1)C1=CC=CCC1C=C2. The highest BCUT2D eigenvalue weighted by Crippen LogP contribution is 2.47. The molecule has 0 N–H and O–H groups in total. The summed E-state index contributed by atoms with van der Waals surface area (Å²) in [6, 6.07) is 13.9. The van der Waals surface area contributed by atoms with Crippen LogP contribution in [0.2, 0.25) is 0 Å². The molecule has 0 radical (unpaired) electrons. The van der Waals surface area contributed by atoms with E-state index < -0.39 is 8.16 Å². The Balaban J connectivity index is 1.74. The highest BCUT2D eigenvalue weighted by atomic mass is 31.1. The Labute approximate surface area is 184 Å². The van der Waals surface area contributed by atoms with Gasteiger partial charge in [-0.15, -0.1) is 0 Å². The van der Waals surface area contributed by atoms with Gasteiger partial charge in [0.15, 0.2) is 0 Å². The van der Waals surface area contributed by atoms with E-state index >= 15 is 0 Å². The fourth-order valence-electron chi connectivity index (χ4n) is 5.47. The summed E-state index contributed by atoms with van der Waals surface area (Å²) in [4.78, 5) is 0. The summed E-state index contributed by atoms with van der Waals surface area (Å²) >= 11 is 0. The Morgan fingerprint density at radius 3 is 2.71 bits per heavy atom. The molecule has 0 bridgehead atoms. The second-order valence-electron chi connectivity index (χ2n) is 9.08. The second kappa shape index (κ2) is 7.58. The number of hydrogen-bond donors (Lipinski definition) is 0. The molecule has 0 amide bonds. The van der Waals surface area contributed by atoms with Crippen molar-refractivity contribution in [2.24, 2.45) is 5.92 Å². The molecule has 1 aliphatic heterocycles. The lowest BCUT2D eigenvalue weighted by Crippen LogP contribution is -2.41. The molecule has 2 aliphatic carbocycles. The Morgan fingerprint density at radius 1 is 1.00 bits per heavy atom. The molecule has 2 unspecified atom stereocenters. The number of allylic oxidation sites excluding steroid dienone is 5. The summed E-state index contributed by atoms with van der Waals surface area (Å²) in [6.07, 6.45) is 15.9. The van der Waals surface area contributed by atoms with Gasteiger partial charge in [0.25, 0.3) is 0 Å². The van der Waals surface area contributed by atoms with Crippen LogP contribution in [-0.2, 0) is 0 Å². The summed E-state index contributed by atoms with van der Waals surface area (Å²) < 4.78 is 16.0. The van der Waals surface area contributed by atoms with Gasteiger partial charge in [0.1, 0.15) is 11.3 Å². The van der Waals surface area contributed by atoms with Crippen molar-refractivity contribution in [1.29, 1.82) is 0 Å². The van der Waals surface area contributed by atoms with Crippen molar-refractivity contribution < 1.29 is 8.39 Å². The quantitative estimate of drug-likeness (QED) is 0.391. The standard InChI is InChI=1S/C27H28NO2P/c1-18-8-7-9-19(2)28(18)31-29-24-16-14-20-10-3-5-12-22(20)26(24)27-23-13-6-4-11-21(23)15-17-25(27)30-31/h3-6,10,12-19,21H,7-9,11H2,1-2H3/t18-,19+,21?,31?. The van der Waals surface area contributed by atoms with E-state index in [1.165, 1.54) is 46.6 Å². The van der Waals surface area contributed by atoms with Crippen LogP contribution in [0.1, 0.15) is 50.9 Å². The van der Waals surface area contributed by atoms with Crippen LogP contribution >= 0.6 is 8.16 Å². The predicted octanol–water partition coefficient (Wildman–Crippen LogP) is 8.18. The summed E-state index contributed by atoms with van der Waals surface area (Å²) in [7, 11) is -1.23. The zero-order chi connectivity index (χ0) is 20.9. The summed E-state index contributed by atoms with van der Waals surface area (Å²) in [5.41, 5.74) is 3.51. The fourth-order valence-corrected chi connectivity index (χ4v) is 7.21. The third kappa shape index (κ3) is 3.14. The Bertz CT molecular complexity index is 1290. The molecule has 3 nitrogen and oxygen atoms in total. The molecule has 2 aromatic carbocycles. The molecule has 3 aliphatic rings. The van der Waals surface area contributed by atoms with Crippen molar-refractivity contribution in [3.8, 4) is 0 Å². The van der Waals surface area contributed by atoms with E-state index in [9.17, 15) is 0 Å².